The summed E-state index contributed by atoms with van der Waals surface area (Å²) in [6.07, 6.45) is -3.12. The van der Waals surface area contributed by atoms with Crippen LogP contribution >= 0.6 is 22.6 Å². The van der Waals surface area contributed by atoms with Gasteiger partial charge in [0.05, 0.1) is 6.61 Å². The Morgan fingerprint density at radius 3 is 2.78 bits per heavy atom. The highest BCUT2D eigenvalue weighted by atomic mass is 127. The van der Waals surface area contributed by atoms with Crippen molar-refractivity contribution in [3.63, 3.8) is 0 Å². The number of fused-ring (bicyclic) bond motifs is 1. The number of amides is 1. The van der Waals surface area contributed by atoms with E-state index >= 15 is 0 Å². The van der Waals surface area contributed by atoms with E-state index in [0.29, 0.717) is 18.1 Å². The molecule has 4 atom stereocenters. The summed E-state index contributed by atoms with van der Waals surface area (Å²) in [7, 11) is 0. The van der Waals surface area contributed by atoms with Gasteiger partial charge in [0.1, 0.15) is 30.2 Å². The monoisotopic (exact) mass is 561 g/mol. The molecule has 1 aromatic carbocycles. The summed E-state index contributed by atoms with van der Waals surface area (Å²) in [5.41, 5.74) is -1.18. The van der Waals surface area contributed by atoms with Gasteiger partial charge in [-0.15, -0.1) is 0 Å². The Labute approximate surface area is 195 Å². The van der Waals surface area contributed by atoms with Crippen molar-refractivity contribution in [3.8, 4) is 11.5 Å². The maximum absolute atomic E-state index is 14.9. The summed E-state index contributed by atoms with van der Waals surface area (Å²) < 4.78 is 30.2. The van der Waals surface area contributed by atoms with Crippen LogP contribution in [0, 0.1) is 0 Å². The number of aliphatic hydroxyl groups is 2. The normalized spacial score (nSPS) is 28.4. The Morgan fingerprint density at radius 2 is 2.12 bits per heavy atom. The van der Waals surface area contributed by atoms with Gasteiger partial charge in [-0.2, -0.15) is 4.98 Å². The number of aliphatic hydroxyl groups excluding tert-OH is 2. The predicted octanol–water partition coefficient (Wildman–Crippen LogP) is 1.40. The molecule has 0 radical (unpaired) electrons. The molecule has 0 saturated carbocycles. The molecule has 0 spiro atoms. The van der Waals surface area contributed by atoms with Crippen molar-refractivity contribution in [1.82, 2.24) is 9.55 Å². The quantitative estimate of drug-likeness (QED) is 0.377. The second-order valence-corrected chi connectivity index (χ2v) is 9.75. The number of nitrogens with zero attached hydrogens (tertiary/aromatic N) is 2. The summed E-state index contributed by atoms with van der Waals surface area (Å²) in [5, 5.41) is 21.7. The number of aromatic nitrogens is 2. The van der Waals surface area contributed by atoms with Crippen LogP contribution in [-0.4, -0.2) is 60.4 Å². The zero-order valence-corrected chi connectivity index (χ0v) is 19.3. The average Bonchev–Trinajstić information content (AvgIpc) is 2.96. The highest BCUT2D eigenvalue weighted by molar-refractivity contribution is 14.1. The molecule has 0 aliphatic carbocycles. The topological polar surface area (TPSA) is 132 Å². The van der Waals surface area contributed by atoms with Gasteiger partial charge in [-0.1, -0.05) is 0 Å². The second-order valence-electron chi connectivity index (χ2n) is 8.10. The zero-order chi connectivity index (χ0) is 23.3. The standard InChI is InChI=1S/C20H21FIN3O7/c1-19(2)9-30-11-4-3-10(7-12(11)32-19)16(28)23-14-5-6-25(18(29)24-14)17-20(21,22)15(27)13(8-26)31-17/h3-7,13,15,17,26-27H,8-9H2,1-2H3,(H,23,24,28,29)/t13-,15-,17?,20?/m1/s1. The van der Waals surface area contributed by atoms with Gasteiger partial charge in [-0.25, -0.2) is 9.18 Å². The molecule has 2 unspecified atom stereocenters. The first-order chi connectivity index (χ1) is 15.0. The lowest BCUT2D eigenvalue weighted by Crippen LogP contribution is -2.40. The molecule has 172 valence electrons. The molecule has 2 aliphatic heterocycles. The van der Waals surface area contributed by atoms with Gasteiger partial charge >= 0.3 is 5.69 Å². The second kappa shape index (κ2) is 8.24. The first-order valence-corrected chi connectivity index (χ1v) is 10.8. The number of nitrogens with one attached hydrogen (secondary N) is 1. The molecule has 10 nitrogen and oxygen atoms in total. The highest BCUT2D eigenvalue weighted by Crippen LogP contribution is 2.45. The predicted molar refractivity (Wildman–Crippen MR) is 118 cm³/mol. The number of ether oxygens (including phenoxy) is 3. The maximum atomic E-state index is 14.9. The number of alkyl halides is 2. The van der Waals surface area contributed by atoms with Crippen molar-refractivity contribution in [2.45, 2.75) is 41.6 Å². The van der Waals surface area contributed by atoms with E-state index in [2.05, 4.69) is 10.3 Å². The van der Waals surface area contributed by atoms with Gasteiger partial charge in [0, 0.05) is 11.8 Å². The van der Waals surface area contributed by atoms with E-state index < -0.39 is 45.9 Å². The van der Waals surface area contributed by atoms with Crippen LogP contribution in [-0.2, 0) is 4.74 Å². The smallest absolute Gasteiger partial charge is 0.351 e. The molecule has 1 amide bonds. The fraction of sp³-hybridized carbons (Fsp3) is 0.450. The van der Waals surface area contributed by atoms with Crippen LogP contribution in [0.1, 0.15) is 30.4 Å². The number of anilines is 1. The molecular formula is C20H21FIN3O7. The molecule has 1 fully saturated rings. The number of carbonyl (C=O) groups excluding carboxylic acids is 1. The maximum Gasteiger partial charge on any atom is 0.351 e. The minimum absolute atomic E-state index is 0.0540. The molecule has 3 N–H and O–H groups in total. The van der Waals surface area contributed by atoms with Gasteiger partial charge < -0.3 is 29.7 Å². The summed E-state index contributed by atoms with van der Waals surface area (Å²) in [4.78, 5) is 28.9. The van der Waals surface area contributed by atoms with Crippen molar-refractivity contribution in [2.24, 2.45) is 0 Å². The van der Waals surface area contributed by atoms with Crippen molar-refractivity contribution >= 4 is 34.3 Å². The molecular weight excluding hydrogens is 540 g/mol. The minimum Gasteiger partial charge on any atom is -0.486 e. The lowest BCUT2D eigenvalue weighted by atomic mass is 10.1. The number of carbonyl (C=O) groups is 1. The van der Waals surface area contributed by atoms with Gasteiger partial charge in [0.15, 0.2) is 17.7 Å². The number of hydrogen-bond acceptors (Lipinski definition) is 8. The molecule has 32 heavy (non-hydrogen) atoms. The SMILES string of the molecule is CC1(C)COc2ccc(C(=O)Nc3ccn(C4O[C@H](CO)[C@@H](O)C4(F)I)c(=O)n3)cc2O1. The van der Waals surface area contributed by atoms with Gasteiger partial charge in [-0.05, 0) is 60.7 Å². The molecule has 4 rings (SSSR count). The Balaban J connectivity index is 1.52. The third kappa shape index (κ3) is 4.19. The van der Waals surface area contributed by atoms with Crippen LogP contribution in [0.3, 0.4) is 0 Å². The van der Waals surface area contributed by atoms with Crippen molar-refractivity contribution in [1.29, 1.82) is 0 Å². The third-order valence-electron chi connectivity index (χ3n) is 5.05. The largest absolute Gasteiger partial charge is 0.486 e. The number of rotatable bonds is 4. The molecule has 2 aromatic rings. The average molecular weight is 561 g/mol. The Morgan fingerprint density at radius 1 is 1.38 bits per heavy atom. The van der Waals surface area contributed by atoms with Crippen LogP contribution in [0.2, 0.25) is 0 Å². The molecule has 2 aliphatic rings. The lowest BCUT2D eigenvalue weighted by Gasteiger charge is -2.32. The first kappa shape index (κ1) is 22.9. The van der Waals surface area contributed by atoms with Crippen LogP contribution in [0.15, 0.2) is 35.3 Å². The summed E-state index contributed by atoms with van der Waals surface area (Å²) in [6, 6.07) is 6.00. The van der Waals surface area contributed by atoms with Gasteiger partial charge in [-0.3, -0.25) is 9.36 Å². The zero-order valence-electron chi connectivity index (χ0n) is 17.1. The summed E-state index contributed by atoms with van der Waals surface area (Å²) >= 11 is 1.34. The number of halogens is 2. The van der Waals surface area contributed by atoms with E-state index in [4.69, 9.17) is 14.2 Å². The summed E-state index contributed by atoms with van der Waals surface area (Å²) in [5.74, 6) is 0.358. The van der Waals surface area contributed by atoms with E-state index in [-0.39, 0.29) is 11.4 Å². The van der Waals surface area contributed by atoms with Crippen LogP contribution < -0.4 is 20.5 Å². The first-order valence-electron chi connectivity index (χ1n) is 9.70. The van der Waals surface area contributed by atoms with E-state index in [0.717, 1.165) is 4.57 Å². The van der Waals surface area contributed by atoms with Crippen LogP contribution in [0.25, 0.3) is 0 Å². The molecule has 0 bridgehead atoms. The third-order valence-corrected chi connectivity index (χ3v) is 6.22. The van der Waals surface area contributed by atoms with E-state index in [1.807, 2.05) is 13.8 Å². The Hall–Kier alpha value is -2.29. The lowest BCUT2D eigenvalue weighted by molar-refractivity contribution is -0.0499. The van der Waals surface area contributed by atoms with Crippen molar-refractivity contribution in [2.75, 3.05) is 18.5 Å². The van der Waals surface area contributed by atoms with Gasteiger partial charge in [0.25, 0.3) is 5.91 Å². The van der Waals surface area contributed by atoms with E-state index in [9.17, 15) is 24.2 Å². The molecule has 1 saturated heterocycles. The Kier molecular flexibility index (Phi) is 5.90. The van der Waals surface area contributed by atoms with E-state index in [1.54, 1.807) is 12.1 Å². The van der Waals surface area contributed by atoms with Crippen molar-refractivity contribution in [3.05, 3.63) is 46.5 Å². The number of benzene rings is 1. The summed E-state index contributed by atoms with van der Waals surface area (Å²) in [6.45, 7) is 3.48. The molecule has 3 heterocycles. The Bertz CT molecular complexity index is 1110. The van der Waals surface area contributed by atoms with Crippen LogP contribution in [0.5, 0.6) is 11.5 Å². The van der Waals surface area contributed by atoms with E-state index in [1.165, 1.54) is 40.9 Å². The fourth-order valence-corrected chi connectivity index (χ4v) is 4.24. The van der Waals surface area contributed by atoms with Gasteiger partial charge in [0.2, 0.25) is 3.68 Å². The molecule has 1 aromatic heterocycles. The van der Waals surface area contributed by atoms with Crippen molar-refractivity contribution < 1.29 is 33.6 Å². The highest BCUT2D eigenvalue weighted by Gasteiger charge is 2.56. The fourth-order valence-electron chi connectivity index (χ4n) is 3.39. The molecule has 12 heteroatoms. The minimum atomic E-state index is -2.36. The van der Waals surface area contributed by atoms with Crippen LogP contribution in [0.4, 0.5) is 10.2 Å². The number of hydrogen-bond donors (Lipinski definition) is 3.